The third kappa shape index (κ3) is 6.15. The number of ketones is 1. The molecular weight excluding hydrogens is 438 g/mol. The van der Waals surface area contributed by atoms with Gasteiger partial charge in [0.25, 0.3) is 0 Å². The monoisotopic (exact) mass is 465 g/mol. The zero-order valence-electron chi connectivity index (χ0n) is 19.5. The molecule has 0 spiro atoms. The van der Waals surface area contributed by atoms with E-state index < -0.39 is 12.0 Å². The number of ether oxygens (including phenoxy) is 1. The van der Waals surface area contributed by atoms with Crippen molar-refractivity contribution >= 4 is 17.4 Å². The van der Waals surface area contributed by atoms with Gasteiger partial charge < -0.3 is 15.2 Å². The molecule has 4 aromatic carbocycles. The summed E-state index contributed by atoms with van der Waals surface area (Å²) >= 11 is 0. The molecule has 0 radical (unpaired) electrons. The third-order valence-corrected chi connectivity index (χ3v) is 5.85. The number of hydrogen-bond acceptors (Lipinski definition) is 4. The normalized spacial score (nSPS) is 11.5. The van der Waals surface area contributed by atoms with Gasteiger partial charge in [-0.3, -0.25) is 4.79 Å². The van der Waals surface area contributed by atoms with E-state index >= 15 is 0 Å². The highest BCUT2D eigenvalue weighted by molar-refractivity contribution is 6.12. The molecule has 0 aliphatic heterocycles. The molecular formula is C30H27NO4. The first-order chi connectivity index (χ1) is 17.0. The summed E-state index contributed by atoms with van der Waals surface area (Å²) in [7, 11) is 0. The molecule has 0 unspecified atom stereocenters. The highest BCUT2D eigenvalue weighted by Gasteiger charge is 2.21. The van der Waals surface area contributed by atoms with E-state index in [1.807, 2.05) is 61.5 Å². The third-order valence-electron chi connectivity index (χ3n) is 5.85. The number of nitrogens with one attached hydrogen (secondary N) is 1. The lowest BCUT2D eigenvalue weighted by molar-refractivity contribution is -0.137. The zero-order chi connectivity index (χ0) is 24.6. The lowest BCUT2D eigenvalue weighted by atomic mass is 10.00. The Bertz CT molecular complexity index is 1300. The Morgan fingerprint density at radius 2 is 1.49 bits per heavy atom. The molecule has 0 aromatic heterocycles. The minimum Gasteiger partial charge on any atom is -0.489 e. The number of aliphatic carboxylic acids is 1. The fourth-order valence-corrected chi connectivity index (χ4v) is 3.83. The largest absolute Gasteiger partial charge is 0.489 e. The van der Waals surface area contributed by atoms with Crippen molar-refractivity contribution in [2.24, 2.45) is 0 Å². The number of carboxylic acid groups (broad SMARTS) is 1. The first kappa shape index (κ1) is 23.8. The summed E-state index contributed by atoms with van der Waals surface area (Å²) in [6.45, 7) is 2.52. The van der Waals surface area contributed by atoms with Crippen molar-refractivity contribution in [1.82, 2.24) is 0 Å². The van der Waals surface area contributed by atoms with Crippen molar-refractivity contribution in [2.45, 2.75) is 26.0 Å². The minimum atomic E-state index is -0.994. The Kier molecular flexibility index (Phi) is 7.58. The Morgan fingerprint density at radius 1 is 0.829 bits per heavy atom. The van der Waals surface area contributed by atoms with Gasteiger partial charge in [-0.1, -0.05) is 78.9 Å². The van der Waals surface area contributed by atoms with Gasteiger partial charge in [0.05, 0.1) is 0 Å². The van der Waals surface area contributed by atoms with Crippen molar-refractivity contribution in [3.8, 4) is 5.75 Å². The van der Waals surface area contributed by atoms with E-state index in [-0.39, 0.29) is 12.2 Å². The summed E-state index contributed by atoms with van der Waals surface area (Å²) in [4.78, 5) is 25.0. The molecule has 0 fully saturated rings. The number of aryl methyl sites for hydroxylation is 1. The van der Waals surface area contributed by atoms with Crippen molar-refractivity contribution < 1.29 is 19.4 Å². The number of anilines is 1. The van der Waals surface area contributed by atoms with E-state index in [0.29, 0.717) is 23.4 Å². The number of rotatable bonds is 10. The van der Waals surface area contributed by atoms with Gasteiger partial charge in [-0.25, -0.2) is 4.79 Å². The number of carbonyl (C=O) groups is 2. The Labute approximate surface area is 205 Å². The van der Waals surface area contributed by atoms with Crippen molar-refractivity contribution in [1.29, 1.82) is 0 Å². The smallest absolute Gasteiger partial charge is 0.326 e. The number of carbonyl (C=O) groups excluding carboxylic acids is 1. The molecule has 0 amide bonds. The molecule has 5 heteroatoms. The highest BCUT2D eigenvalue weighted by Crippen LogP contribution is 2.22. The Hall–Kier alpha value is -4.38. The van der Waals surface area contributed by atoms with E-state index in [1.165, 1.54) is 5.56 Å². The molecule has 0 aliphatic carbocycles. The van der Waals surface area contributed by atoms with Gasteiger partial charge in [0.15, 0.2) is 5.78 Å². The SMILES string of the molecule is Cc1ccccc1COc1ccc(C[C@H](Nc2ccccc2C(=O)c2ccccc2)C(=O)O)cc1. The van der Waals surface area contributed by atoms with Gasteiger partial charge in [-0.05, 0) is 47.9 Å². The van der Waals surface area contributed by atoms with E-state index in [9.17, 15) is 14.7 Å². The summed E-state index contributed by atoms with van der Waals surface area (Å²) in [6.07, 6.45) is 0.251. The van der Waals surface area contributed by atoms with Crippen molar-refractivity contribution in [3.63, 3.8) is 0 Å². The molecule has 0 aliphatic rings. The summed E-state index contributed by atoms with van der Waals surface area (Å²) in [5.74, 6) is -0.435. The molecule has 0 saturated carbocycles. The van der Waals surface area contributed by atoms with Crippen LogP contribution in [0.2, 0.25) is 0 Å². The fraction of sp³-hybridized carbons (Fsp3) is 0.133. The number of benzene rings is 4. The van der Waals surface area contributed by atoms with E-state index in [2.05, 4.69) is 5.32 Å². The highest BCUT2D eigenvalue weighted by atomic mass is 16.5. The second-order valence-electron chi connectivity index (χ2n) is 8.34. The van der Waals surface area contributed by atoms with Gasteiger partial charge in [0, 0.05) is 23.2 Å². The van der Waals surface area contributed by atoms with E-state index in [4.69, 9.17) is 4.74 Å². The average Bonchev–Trinajstić information content (AvgIpc) is 2.89. The van der Waals surface area contributed by atoms with Crippen LogP contribution in [0.15, 0.2) is 103 Å². The summed E-state index contributed by atoms with van der Waals surface area (Å²) < 4.78 is 5.89. The average molecular weight is 466 g/mol. The topological polar surface area (TPSA) is 75.6 Å². The molecule has 35 heavy (non-hydrogen) atoms. The van der Waals surface area contributed by atoms with E-state index in [0.717, 1.165) is 16.9 Å². The quantitative estimate of drug-likeness (QED) is 0.285. The van der Waals surface area contributed by atoms with Gasteiger partial charge in [-0.2, -0.15) is 0 Å². The fourth-order valence-electron chi connectivity index (χ4n) is 3.83. The lowest BCUT2D eigenvalue weighted by Gasteiger charge is -2.18. The van der Waals surface area contributed by atoms with Crippen LogP contribution in [0.4, 0.5) is 5.69 Å². The predicted octanol–water partition coefficient (Wildman–Crippen LogP) is 5.91. The molecule has 4 rings (SSSR count). The molecule has 5 nitrogen and oxygen atoms in total. The second kappa shape index (κ2) is 11.2. The lowest BCUT2D eigenvalue weighted by Crippen LogP contribution is -2.32. The number of hydrogen-bond donors (Lipinski definition) is 2. The summed E-state index contributed by atoms with van der Waals surface area (Å²) in [5, 5.41) is 12.9. The van der Waals surface area contributed by atoms with Crippen molar-refractivity contribution in [2.75, 3.05) is 5.32 Å². The maximum absolute atomic E-state index is 13.0. The van der Waals surface area contributed by atoms with Crippen LogP contribution in [0.1, 0.15) is 32.6 Å². The first-order valence-corrected chi connectivity index (χ1v) is 11.5. The first-order valence-electron chi connectivity index (χ1n) is 11.5. The summed E-state index contributed by atoms with van der Waals surface area (Å²) in [6, 6.07) is 30.5. The van der Waals surface area contributed by atoms with Gasteiger partial charge in [-0.15, -0.1) is 0 Å². The zero-order valence-corrected chi connectivity index (χ0v) is 19.5. The molecule has 0 bridgehead atoms. The standard InChI is InChI=1S/C30H27NO4/c1-21-9-5-6-12-24(21)20-35-25-17-15-22(16-18-25)19-28(30(33)34)31-27-14-8-7-13-26(27)29(32)23-10-3-2-4-11-23/h2-18,28,31H,19-20H2,1H3,(H,33,34)/t28-/m0/s1. The molecule has 0 heterocycles. The molecule has 4 aromatic rings. The minimum absolute atomic E-state index is 0.159. The van der Waals surface area contributed by atoms with Gasteiger partial charge in [0.2, 0.25) is 0 Å². The molecule has 176 valence electrons. The maximum atomic E-state index is 13.0. The van der Waals surface area contributed by atoms with Crippen LogP contribution in [0.25, 0.3) is 0 Å². The molecule has 1 atom stereocenters. The van der Waals surface area contributed by atoms with E-state index in [1.54, 1.807) is 48.5 Å². The number of para-hydroxylation sites is 1. The molecule has 0 saturated heterocycles. The maximum Gasteiger partial charge on any atom is 0.326 e. The van der Waals surface area contributed by atoms with Crippen LogP contribution >= 0.6 is 0 Å². The number of carboxylic acids is 1. The second-order valence-corrected chi connectivity index (χ2v) is 8.34. The predicted molar refractivity (Wildman–Crippen MR) is 137 cm³/mol. The van der Waals surface area contributed by atoms with Crippen LogP contribution < -0.4 is 10.1 Å². The van der Waals surface area contributed by atoms with Gasteiger partial charge >= 0.3 is 5.97 Å². The Balaban J connectivity index is 1.44. The molecule has 2 N–H and O–H groups in total. The van der Waals surface area contributed by atoms with Crippen LogP contribution in [0.5, 0.6) is 5.75 Å². The van der Waals surface area contributed by atoms with Crippen LogP contribution in [0, 0.1) is 6.92 Å². The summed E-state index contributed by atoms with van der Waals surface area (Å²) in [5.41, 5.74) is 4.62. The van der Waals surface area contributed by atoms with Crippen LogP contribution in [0.3, 0.4) is 0 Å². The van der Waals surface area contributed by atoms with Crippen molar-refractivity contribution in [3.05, 3.63) is 131 Å². The van der Waals surface area contributed by atoms with Crippen LogP contribution in [-0.4, -0.2) is 22.9 Å². The Morgan fingerprint density at radius 3 is 2.20 bits per heavy atom. The van der Waals surface area contributed by atoms with Crippen LogP contribution in [-0.2, 0) is 17.8 Å². The van der Waals surface area contributed by atoms with Gasteiger partial charge in [0.1, 0.15) is 18.4 Å².